The number of amides is 2. The molecule has 0 spiro atoms. The molecule has 4 N–H and O–H groups in total. The van der Waals surface area contributed by atoms with Gasteiger partial charge in [0, 0.05) is 31.4 Å². The van der Waals surface area contributed by atoms with Crippen molar-refractivity contribution in [1.29, 1.82) is 0 Å². The SMILES string of the molecule is O=C(CC(NC(=O)OCC1c2ccccc2-c2ccccc21)C1CCCC1)N[C@@H](CCO)C(=O)O. The van der Waals surface area contributed by atoms with Gasteiger partial charge in [0.1, 0.15) is 12.6 Å². The molecule has 8 heteroatoms. The predicted octanol–water partition coefficient (Wildman–Crippen LogP) is 3.43. The van der Waals surface area contributed by atoms with Crippen LogP contribution in [0.15, 0.2) is 48.5 Å². The number of aliphatic hydroxyl groups is 1. The van der Waals surface area contributed by atoms with Gasteiger partial charge < -0.3 is 25.6 Å². The summed E-state index contributed by atoms with van der Waals surface area (Å²) in [6.07, 6.45) is 3.14. The molecule has 0 aliphatic heterocycles. The van der Waals surface area contributed by atoms with E-state index in [1.54, 1.807) is 0 Å². The number of alkyl carbamates (subject to hydrolysis) is 1. The second-order valence-corrected chi connectivity index (χ2v) is 9.30. The minimum absolute atomic E-state index is 0.0376. The van der Waals surface area contributed by atoms with Crippen molar-refractivity contribution in [1.82, 2.24) is 10.6 Å². The highest BCUT2D eigenvalue weighted by molar-refractivity contribution is 5.84. The van der Waals surface area contributed by atoms with Crippen LogP contribution >= 0.6 is 0 Å². The molecule has 2 amide bonds. The number of carbonyl (C=O) groups is 3. The smallest absolute Gasteiger partial charge is 0.407 e. The summed E-state index contributed by atoms with van der Waals surface area (Å²) >= 11 is 0. The molecule has 2 aliphatic carbocycles. The molecule has 0 heterocycles. The highest BCUT2D eigenvalue weighted by atomic mass is 16.5. The zero-order valence-electron chi connectivity index (χ0n) is 19.6. The second kappa shape index (κ2) is 11.4. The molecule has 35 heavy (non-hydrogen) atoms. The van der Waals surface area contributed by atoms with Crippen molar-refractivity contribution in [3.05, 3.63) is 59.7 Å². The number of hydrogen-bond acceptors (Lipinski definition) is 5. The maximum atomic E-state index is 12.8. The Labute approximate surface area is 204 Å². The molecule has 2 aliphatic rings. The van der Waals surface area contributed by atoms with E-state index in [2.05, 4.69) is 34.9 Å². The van der Waals surface area contributed by atoms with Crippen molar-refractivity contribution < 1.29 is 29.3 Å². The Bertz CT molecular complexity index is 1020. The van der Waals surface area contributed by atoms with E-state index in [0.717, 1.165) is 47.9 Å². The van der Waals surface area contributed by atoms with Gasteiger partial charge in [-0.15, -0.1) is 0 Å². The lowest BCUT2D eigenvalue weighted by Crippen LogP contribution is -2.47. The highest BCUT2D eigenvalue weighted by Gasteiger charge is 2.32. The first-order valence-electron chi connectivity index (χ1n) is 12.2. The molecule has 0 saturated heterocycles. The second-order valence-electron chi connectivity index (χ2n) is 9.30. The lowest BCUT2D eigenvalue weighted by Gasteiger charge is -2.25. The number of aliphatic hydroxyl groups excluding tert-OH is 1. The van der Waals surface area contributed by atoms with Crippen LogP contribution in [-0.4, -0.2) is 53.5 Å². The molecule has 1 fully saturated rings. The number of rotatable bonds is 10. The molecular weight excluding hydrogens is 448 g/mol. The maximum absolute atomic E-state index is 12.8. The normalized spacial score (nSPS) is 16.7. The first-order chi connectivity index (χ1) is 17.0. The summed E-state index contributed by atoms with van der Waals surface area (Å²) in [4.78, 5) is 36.7. The van der Waals surface area contributed by atoms with Gasteiger partial charge in [0.2, 0.25) is 5.91 Å². The molecule has 2 aromatic rings. The number of fused-ring (bicyclic) bond motifs is 3. The first-order valence-corrected chi connectivity index (χ1v) is 12.2. The van der Waals surface area contributed by atoms with Gasteiger partial charge in [0.15, 0.2) is 0 Å². The van der Waals surface area contributed by atoms with Crippen molar-refractivity contribution in [2.45, 2.75) is 56.5 Å². The first kappa shape index (κ1) is 24.7. The lowest BCUT2D eigenvalue weighted by atomic mass is 9.95. The summed E-state index contributed by atoms with van der Waals surface area (Å²) < 4.78 is 5.66. The molecule has 0 radical (unpaired) electrons. The Kier molecular flexibility index (Phi) is 8.02. The van der Waals surface area contributed by atoms with Crippen molar-refractivity contribution in [2.24, 2.45) is 5.92 Å². The molecule has 4 rings (SSSR count). The van der Waals surface area contributed by atoms with Crippen molar-refractivity contribution in [3.63, 3.8) is 0 Å². The Hall–Kier alpha value is -3.39. The van der Waals surface area contributed by atoms with Crippen LogP contribution in [0.4, 0.5) is 4.79 Å². The molecule has 2 atom stereocenters. The average Bonchev–Trinajstić information content (AvgIpc) is 3.49. The Balaban J connectivity index is 1.39. The van der Waals surface area contributed by atoms with Gasteiger partial charge in [-0.2, -0.15) is 0 Å². The number of benzene rings is 2. The van der Waals surface area contributed by atoms with E-state index in [-0.39, 0.29) is 37.9 Å². The third-order valence-corrected chi connectivity index (χ3v) is 7.07. The molecule has 0 aromatic heterocycles. The van der Waals surface area contributed by atoms with E-state index in [1.807, 2.05) is 24.3 Å². The monoisotopic (exact) mass is 480 g/mol. The standard InChI is InChI=1S/C27H32N2O6/c30-14-13-23(26(32)33)28-25(31)15-24(17-7-1-2-8-17)29-27(34)35-16-22-20-11-5-3-9-18(20)19-10-4-6-12-21(19)22/h3-6,9-12,17,22-24,30H,1-2,7-8,13-16H2,(H,28,31)(H,29,34)(H,32,33)/t23-,24?/m0/s1. The van der Waals surface area contributed by atoms with Gasteiger partial charge in [-0.3, -0.25) is 4.79 Å². The van der Waals surface area contributed by atoms with Crippen LogP contribution in [0, 0.1) is 5.92 Å². The minimum Gasteiger partial charge on any atom is -0.480 e. The summed E-state index contributed by atoms with van der Waals surface area (Å²) in [6, 6.07) is 14.6. The summed E-state index contributed by atoms with van der Waals surface area (Å²) in [5.74, 6) is -1.60. The van der Waals surface area contributed by atoms with Gasteiger partial charge >= 0.3 is 12.1 Å². The van der Waals surface area contributed by atoms with Gasteiger partial charge in [0.25, 0.3) is 0 Å². The predicted molar refractivity (Wildman–Crippen MR) is 130 cm³/mol. The fourth-order valence-electron chi connectivity index (χ4n) is 5.33. The molecule has 1 saturated carbocycles. The lowest BCUT2D eigenvalue weighted by molar-refractivity contribution is -0.142. The van der Waals surface area contributed by atoms with Gasteiger partial charge in [-0.25, -0.2) is 9.59 Å². The summed E-state index contributed by atoms with van der Waals surface area (Å²) in [5.41, 5.74) is 4.54. The van der Waals surface area contributed by atoms with E-state index >= 15 is 0 Å². The van der Waals surface area contributed by atoms with Gasteiger partial charge in [-0.1, -0.05) is 61.4 Å². The number of aliphatic carboxylic acids is 1. The third-order valence-electron chi connectivity index (χ3n) is 7.07. The van der Waals surface area contributed by atoms with E-state index < -0.39 is 30.1 Å². The van der Waals surface area contributed by atoms with Crippen LogP contribution in [0.1, 0.15) is 55.6 Å². The van der Waals surface area contributed by atoms with Crippen LogP contribution in [0.2, 0.25) is 0 Å². The number of hydrogen-bond donors (Lipinski definition) is 4. The van der Waals surface area contributed by atoms with E-state index in [1.165, 1.54) is 0 Å². The Morgan fingerprint density at radius 2 is 1.54 bits per heavy atom. The minimum atomic E-state index is -1.20. The number of carboxylic acids is 1. The molecular formula is C27H32N2O6. The highest BCUT2D eigenvalue weighted by Crippen LogP contribution is 2.44. The summed E-state index contributed by atoms with van der Waals surface area (Å²) in [5, 5.41) is 23.6. The van der Waals surface area contributed by atoms with Crippen LogP contribution < -0.4 is 10.6 Å². The van der Waals surface area contributed by atoms with Crippen LogP contribution in [0.3, 0.4) is 0 Å². The fraction of sp³-hybridized carbons (Fsp3) is 0.444. The number of carboxylic acid groups (broad SMARTS) is 1. The number of nitrogens with one attached hydrogen (secondary N) is 2. The zero-order valence-corrected chi connectivity index (χ0v) is 19.6. The van der Waals surface area contributed by atoms with Crippen molar-refractivity contribution >= 4 is 18.0 Å². The van der Waals surface area contributed by atoms with E-state index in [0.29, 0.717) is 0 Å². The Morgan fingerprint density at radius 1 is 0.943 bits per heavy atom. The van der Waals surface area contributed by atoms with E-state index in [9.17, 15) is 19.5 Å². The molecule has 186 valence electrons. The van der Waals surface area contributed by atoms with Gasteiger partial charge in [-0.05, 0) is 41.0 Å². The van der Waals surface area contributed by atoms with E-state index in [4.69, 9.17) is 9.84 Å². The van der Waals surface area contributed by atoms with Crippen molar-refractivity contribution in [2.75, 3.05) is 13.2 Å². The van der Waals surface area contributed by atoms with Gasteiger partial charge in [0.05, 0.1) is 0 Å². The summed E-state index contributed by atoms with van der Waals surface area (Å²) in [7, 11) is 0. The van der Waals surface area contributed by atoms with Crippen molar-refractivity contribution in [3.8, 4) is 11.1 Å². The number of carbonyl (C=O) groups excluding carboxylic acids is 2. The molecule has 2 aromatic carbocycles. The third kappa shape index (κ3) is 5.82. The number of ether oxygens (including phenoxy) is 1. The fourth-order valence-corrected chi connectivity index (χ4v) is 5.33. The average molecular weight is 481 g/mol. The molecule has 0 bridgehead atoms. The van der Waals surface area contributed by atoms with Crippen LogP contribution in [-0.2, 0) is 14.3 Å². The largest absolute Gasteiger partial charge is 0.480 e. The topological polar surface area (TPSA) is 125 Å². The quantitative estimate of drug-likeness (QED) is 0.413. The van der Waals surface area contributed by atoms with Crippen LogP contribution in [0.5, 0.6) is 0 Å². The maximum Gasteiger partial charge on any atom is 0.407 e. The molecule has 8 nitrogen and oxygen atoms in total. The molecule has 1 unspecified atom stereocenters. The zero-order chi connectivity index (χ0) is 24.8. The Morgan fingerprint density at radius 3 is 2.11 bits per heavy atom. The summed E-state index contributed by atoms with van der Waals surface area (Å²) in [6.45, 7) is -0.164. The van der Waals surface area contributed by atoms with Crippen LogP contribution in [0.25, 0.3) is 11.1 Å².